The highest BCUT2D eigenvalue weighted by atomic mass is 16.5. The molecule has 17 heavy (non-hydrogen) atoms. The van der Waals surface area contributed by atoms with Crippen LogP contribution < -0.4 is 5.32 Å². The molecule has 1 aliphatic rings. The first-order valence-electron chi connectivity index (χ1n) is 6.11. The molecule has 1 saturated heterocycles. The molecular formula is C12H22N2O3. The summed E-state index contributed by atoms with van der Waals surface area (Å²) in [7, 11) is 1.34. The summed E-state index contributed by atoms with van der Waals surface area (Å²) in [6.45, 7) is 6.36. The van der Waals surface area contributed by atoms with Gasteiger partial charge in [-0.15, -0.1) is 0 Å². The van der Waals surface area contributed by atoms with Gasteiger partial charge in [-0.1, -0.05) is 13.8 Å². The largest absolute Gasteiger partial charge is 0.467 e. The standard InChI is InChI=1S/C12H22N2O3/c1-8(2)13-10-6-5-7-14(11(10)15)9(3)12(16)17-4/h8-10,13H,5-7H2,1-4H3. The van der Waals surface area contributed by atoms with E-state index in [9.17, 15) is 9.59 Å². The van der Waals surface area contributed by atoms with Gasteiger partial charge in [0.15, 0.2) is 0 Å². The summed E-state index contributed by atoms with van der Waals surface area (Å²) in [6, 6.07) is -0.405. The topological polar surface area (TPSA) is 58.6 Å². The first-order chi connectivity index (χ1) is 7.97. The molecule has 1 heterocycles. The third-order valence-electron chi connectivity index (χ3n) is 3.02. The number of nitrogens with zero attached hydrogens (tertiary/aromatic N) is 1. The second kappa shape index (κ2) is 6.00. The van der Waals surface area contributed by atoms with Crippen LogP contribution in [0.5, 0.6) is 0 Å². The molecule has 0 aromatic carbocycles. The Morgan fingerprint density at radius 1 is 1.47 bits per heavy atom. The molecule has 1 amide bonds. The fraction of sp³-hybridized carbons (Fsp3) is 0.833. The van der Waals surface area contributed by atoms with E-state index in [1.165, 1.54) is 7.11 Å². The smallest absolute Gasteiger partial charge is 0.328 e. The predicted octanol–water partition coefficient (Wildman–Crippen LogP) is 0.537. The highest BCUT2D eigenvalue weighted by Crippen LogP contribution is 2.15. The average Bonchev–Trinajstić information content (AvgIpc) is 2.29. The van der Waals surface area contributed by atoms with E-state index in [4.69, 9.17) is 0 Å². The summed E-state index contributed by atoms with van der Waals surface area (Å²) in [5.41, 5.74) is 0. The normalized spacial score (nSPS) is 22.8. The van der Waals surface area contributed by atoms with Crippen LogP contribution in [0.25, 0.3) is 0 Å². The van der Waals surface area contributed by atoms with Crippen LogP contribution in [0.2, 0.25) is 0 Å². The number of amides is 1. The van der Waals surface area contributed by atoms with E-state index < -0.39 is 6.04 Å². The van der Waals surface area contributed by atoms with Crippen molar-refractivity contribution in [2.75, 3.05) is 13.7 Å². The lowest BCUT2D eigenvalue weighted by atomic mass is 10.0. The number of hydrogen-bond donors (Lipinski definition) is 1. The van der Waals surface area contributed by atoms with Crippen molar-refractivity contribution < 1.29 is 14.3 Å². The number of carbonyl (C=O) groups is 2. The lowest BCUT2D eigenvalue weighted by Crippen LogP contribution is -2.56. The number of hydrogen-bond acceptors (Lipinski definition) is 4. The number of nitrogens with one attached hydrogen (secondary N) is 1. The van der Waals surface area contributed by atoms with E-state index in [-0.39, 0.29) is 24.0 Å². The molecule has 5 nitrogen and oxygen atoms in total. The van der Waals surface area contributed by atoms with Gasteiger partial charge >= 0.3 is 5.97 Å². The molecule has 1 rings (SSSR count). The predicted molar refractivity (Wildman–Crippen MR) is 64.5 cm³/mol. The van der Waals surface area contributed by atoms with Crippen LogP contribution in [-0.2, 0) is 14.3 Å². The number of likely N-dealkylation sites (tertiary alicyclic amines) is 1. The van der Waals surface area contributed by atoms with Gasteiger partial charge in [-0.3, -0.25) is 4.79 Å². The number of rotatable bonds is 4. The van der Waals surface area contributed by atoms with Crippen LogP contribution in [-0.4, -0.2) is 48.6 Å². The van der Waals surface area contributed by atoms with Gasteiger partial charge in [0.2, 0.25) is 5.91 Å². The molecule has 0 bridgehead atoms. The summed E-state index contributed by atoms with van der Waals surface area (Å²) < 4.78 is 4.68. The van der Waals surface area contributed by atoms with Gasteiger partial charge in [0.25, 0.3) is 0 Å². The third-order valence-corrected chi connectivity index (χ3v) is 3.02. The lowest BCUT2D eigenvalue weighted by molar-refractivity contribution is -0.154. The van der Waals surface area contributed by atoms with Gasteiger partial charge < -0.3 is 15.0 Å². The summed E-state index contributed by atoms with van der Waals surface area (Å²) in [5.74, 6) is -0.355. The zero-order chi connectivity index (χ0) is 13.0. The van der Waals surface area contributed by atoms with Crippen molar-refractivity contribution in [1.29, 1.82) is 0 Å². The van der Waals surface area contributed by atoms with Crippen LogP contribution in [0.1, 0.15) is 33.6 Å². The fourth-order valence-electron chi connectivity index (χ4n) is 2.14. The first kappa shape index (κ1) is 14.0. The number of ether oxygens (including phenoxy) is 1. The molecular weight excluding hydrogens is 220 g/mol. The van der Waals surface area contributed by atoms with Crippen molar-refractivity contribution in [3.8, 4) is 0 Å². The molecule has 2 unspecified atom stereocenters. The second-order valence-corrected chi connectivity index (χ2v) is 4.75. The first-order valence-corrected chi connectivity index (χ1v) is 6.11. The maximum absolute atomic E-state index is 12.2. The van der Waals surface area contributed by atoms with Gasteiger partial charge in [0.1, 0.15) is 6.04 Å². The molecule has 0 spiro atoms. The van der Waals surface area contributed by atoms with Crippen molar-refractivity contribution in [2.24, 2.45) is 0 Å². The molecule has 1 aliphatic heterocycles. The van der Waals surface area contributed by atoms with E-state index in [0.29, 0.717) is 6.54 Å². The molecule has 0 saturated carbocycles. The molecule has 98 valence electrons. The Labute approximate surface area is 102 Å². The monoisotopic (exact) mass is 242 g/mol. The maximum Gasteiger partial charge on any atom is 0.328 e. The van der Waals surface area contributed by atoms with E-state index in [2.05, 4.69) is 10.1 Å². The Hall–Kier alpha value is -1.10. The molecule has 0 radical (unpaired) electrons. The van der Waals surface area contributed by atoms with Crippen molar-refractivity contribution in [2.45, 2.75) is 51.7 Å². The summed E-state index contributed by atoms with van der Waals surface area (Å²) in [5, 5.41) is 3.23. The number of carbonyl (C=O) groups excluding carboxylic acids is 2. The highest BCUT2D eigenvalue weighted by molar-refractivity contribution is 5.88. The average molecular weight is 242 g/mol. The molecule has 0 aliphatic carbocycles. The Bertz CT molecular complexity index is 291. The van der Waals surface area contributed by atoms with Crippen LogP contribution in [0.15, 0.2) is 0 Å². The quantitative estimate of drug-likeness (QED) is 0.731. The number of piperidine rings is 1. The molecule has 0 aromatic rings. The Balaban J connectivity index is 2.67. The van der Waals surface area contributed by atoms with Crippen molar-refractivity contribution in [3.63, 3.8) is 0 Å². The van der Waals surface area contributed by atoms with Crippen LogP contribution >= 0.6 is 0 Å². The fourth-order valence-corrected chi connectivity index (χ4v) is 2.14. The van der Waals surface area contributed by atoms with Crippen LogP contribution in [0.4, 0.5) is 0 Å². The van der Waals surface area contributed by atoms with Crippen molar-refractivity contribution in [1.82, 2.24) is 10.2 Å². The molecule has 0 aromatic heterocycles. The summed E-state index contributed by atoms with van der Waals surface area (Å²) in [4.78, 5) is 25.2. The minimum atomic E-state index is -0.496. The van der Waals surface area contributed by atoms with Crippen LogP contribution in [0, 0.1) is 0 Å². The minimum absolute atomic E-state index is 0.00264. The Morgan fingerprint density at radius 3 is 2.65 bits per heavy atom. The van der Waals surface area contributed by atoms with Gasteiger partial charge in [0, 0.05) is 12.6 Å². The minimum Gasteiger partial charge on any atom is -0.467 e. The SMILES string of the molecule is COC(=O)C(C)N1CCCC(NC(C)C)C1=O. The van der Waals surface area contributed by atoms with Gasteiger partial charge in [-0.05, 0) is 19.8 Å². The van der Waals surface area contributed by atoms with E-state index in [0.717, 1.165) is 12.8 Å². The second-order valence-electron chi connectivity index (χ2n) is 4.75. The van der Waals surface area contributed by atoms with Gasteiger partial charge in [-0.2, -0.15) is 0 Å². The van der Waals surface area contributed by atoms with E-state index in [1.807, 2.05) is 13.8 Å². The van der Waals surface area contributed by atoms with Gasteiger partial charge in [0.05, 0.1) is 13.2 Å². The molecule has 1 N–H and O–H groups in total. The van der Waals surface area contributed by atoms with Crippen LogP contribution in [0.3, 0.4) is 0 Å². The van der Waals surface area contributed by atoms with E-state index in [1.54, 1.807) is 11.8 Å². The molecule has 2 atom stereocenters. The molecule has 5 heteroatoms. The van der Waals surface area contributed by atoms with Gasteiger partial charge in [-0.25, -0.2) is 4.79 Å². The van der Waals surface area contributed by atoms with Crippen molar-refractivity contribution in [3.05, 3.63) is 0 Å². The summed E-state index contributed by atoms with van der Waals surface area (Å²) in [6.07, 6.45) is 1.75. The molecule has 1 fully saturated rings. The number of methoxy groups -OCH3 is 1. The zero-order valence-electron chi connectivity index (χ0n) is 11.0. The Morgan fingerprint density at radius 2 is 2.12 bits per heavy atom. The van der Waals surface area contributed by atoms with E-state index >= 15 is 0 Å². The summed E-state index contributed by atoms with van der Waals surface area (Å²) >= 11 is 0. The van der Waals surface area contributed by atoms with Crippen molar-refractivity contribution >= 4 is 11.9 Å². The maximum atomic E-state index is 12.2. The highest BCUT2D eigenvalue weighted by Gasteiger charge is 2.34. The lowest BCUT2D eigenvalue weighted by Gasteiger charge is -2.36. The number of esters is 1. The third kappa shape index (κ3) is 3.43. The zero-order valence-corrected chi connectivity index (χ0v) is 11.0. The Kier molecular flexibility index (Phi) is 4.93.